The van der Waals surface area contributed by atoms with Gasteiger partial charge in [-0.3, -0.25) is 4.79 Å². The molecule has 2 heterocycles. The van der Waals surface area contributed by atoms with Gasteiger partial charge in [-0.1, -0.05) is 22.9 Å². The second kappa shape index (κ2) is 11.8. The van der Waals surface area contributed by atoms with Crippen LogP contribution in [0.5, 0.6) is 5.75 Å². The fourth-order valence-corrected chi connectivity index (χ4v) is 3.74. The molecule has 0 saturated carbocycles. The number of hydrogen-bond acceptors (Lipinski definition) is 8. The lowest BCUT2D eigenvalue weighted by Gasteiger charge is -2.10. The van der Waals surface area contributed by atoms with E-state index in [1.807, 2.05) is 31.2 Å². The van der Waals surface area contributed by atoms with Crippen LogP contribution in [-0.2, 0) is 4.79 Å². The van der Waals surface area contributed by atoms with Gasteiger partial charge in [-0.15, -0.1) is 13.2 Å². The summed E-state index contributed by atoms with van der Waals surface area (Å²) < 4.78 is 46.4. The average Bonchev–Trinajstić information content (AvgIpc) is 3.44. The van der Waals surface area contributed by atoms with Gasteiger partial charge in [0.25, 0.3) is 5.89 Å². The fourth-order valence-electron chi connectivity index (χ4n) is 3.74. The Morgan fingerprint density at radius 2 is 1.56 bits per heavy atom. The standard InChI is InChI=1S/C29H23F3N6O3/c1-18-2-6-21(7-3-18)34-17-26(39)36-23-8-4-19(5-9-23)28-37-27(38-41-28)20-14-15-33-25(16-20)35-22-10-12-24(13-11-22)40-29(30,31)32/h2-16,34H,17H2,1H3,(H,33,35)(H,36,39). The number of rotatable bonds is 9. The Hall–Kier alpha value is -5.39. The highest BCUT2D eigenvalue weighted by atomic mass is 19.4. The Balaban J connectivity index is 1.19. The summed E-state index contributed by atoms with van der Waals surface area (Å²) in [5, 5.41) is 13.0. The van der Waals surface area contributed by atoms with E-state index in [4.69, 9.17) is 4.52 Å². The van der Waals surface area contributed by atoms with Crippen molar-refractivity contribution in [3.63, 3.8) is 0 Å². The number of carbonyl (C=O) groups is 1. The van der Waals surface area contributed by atoms with Crippen molar-refractivity contribution in [3.05, 3.63) is 96.7 Å². The maximum Gasteiger partial charge on any atom is 0.573 e. The van der Waals surface area contributed by atoms with E-state index >= 15 is 0 Å². The molecule has 0 spiro atoms. The molecule has 0 aliphatic rings. The number of pyridine rings is 1. The monoisotopic (exact) mass is 560 g/mol. The van der Waals surface area contributed by atoms with E-state index in [9.17, 15) is 18.0 Å². The molecule has 0 saturated heterocycles. The lowest BCUT2D eigenvalue weighted by Crippen LogP contribution is -2.21. The van der Waals surface area contributed by atoms with E-state index in [0.717, 1.165) is 11.3 Å². The van der Waals surface area contributed by atoms with Crippen LogP contribution in [0.3, 0.4) is 0 Å². The molecule has 12 heteroatoms. The van der Waals surface area contributed by atoms with E-state index in [-0.39, 0.29) is 24.1 Å². The van der Waals surface area contributed by atoms with Crippen molar-refractivity contribution in [2.45, 2.75) is 13.3 Å². The molecule has 0 unspecified atom stereocenters. The highest BCUT2D eigenvalue weighted by Crippen LogP contribution is 2.27. The smallest absolute Gasteiger partial charge is 0.406 e. The highest BCUT2D eigenvalue weighted by molar-refractivity contribution is 5.93. The number of halogens is 3. The highest BCUT2D eigenvalue weighted by Gasteiger charge is 2.31. The zero-order chi connectivity index (χ0) is 28.8. The second-order valence-corrected chi connectivity index (χ2v) is 8.90. The predicted molar refractivity (Wildman–Crippen MR) is 148 cm³/mol. The summed E-state index contributed by atoms with van der Waals surface area (Å²) >= 11 is 0. The maximum atomic E-state index is 12.4. The van der Waals surface area contributed by atoms with Crippen LogP contribution in [0.2, 0.25) is 0 Å². The van der Waals surface area contributed by atoms with Gasteiger partial charge in [-0.05, 0) is 79.7 Å². The third kappa shape index (κ3) is 7.60. The van der Waals surface area contributed by atoms with Gasteiger partial charge in [0.2, 0.25) is 11.7 Å². The van der Waals surface area contributed by atoms with Crippen molar-refractivity contribution >= 4 is 28.8 Å². The van der Waals surface area contributed by atoms with Crippen LogP contribution in [-0.4, -0.2) is 33.9 Å². The Kier molecular flexibility index (Phi) is 7.81. The van der Waals surface area contributed by atoms with Gasteiger partial charge in [0, 0.05) is 34.4 Å². The van der Waals surface area contributed by atoms with Gasteiger partial charge in [0.15, 0.2) is 0 Å². The first-order valence-corrected chi connectivity index (χ1v) is 12.3. The number of alkyl halides is 3. The van der Waals surface area contributed by atoms with Crippen molar-refractivity contribution in [3.8, 4) is 28.6 Å². The van der Waals surface area contributed by atoms with Gasteiger partial charge < -0.3 is 25.2 Å². The molecule has 1 amide bonds. The number of nitrogens with one attached hydrogen (secondary N) is 3. The summed E-state index contributed by atoms with van der Waals surface area (Å²) in [7, 11) is 0. The van der Waals surface area contributed by atoms with Crippen LogP contribution in [0.25, 0.3) is 22.8 Å². The maximum absolute atomic E-state index is 12.4. The van der Waals surface area contributed by atoms with Crippen LogP contribution in [0, 0.1) is 6.92 Å². The van der Waals surface area contributed by atoms with E-state index in [0.29, 0.717) is 34.1 Å². The summed E-state index contributed by atoms with van der Waals surface area (Å²) in [4.78, 5) is 21.0. The van der Waals surface area contributed by atoms with Gasteiger partial charge in [0.05, 0.1) is 6.54 Å². The zero-order valence-electron chi connectivity index (χ0n) is 21.6. The zero-order valence-corrected chi connectivity index (χ0v) is 21.6. The third-order valence-corrected chi connectivity index (χ3v) is 5.72. The van der Waals surface area contributed by atoms with E-state index in [1.165, 1.54) is 24.3 Å². The largest absolute Gasteiger partial charge is 0.573 e. The molecule has 0 aliphatic carbocycles. The quantitative estimate of drug-likeness (QED) is 0.180. The predicted octanol–water partition coefficient (Wildman–Crippen LogP) is 6.80. The van der Waals surface area contributed by atoms with Crippen LogP contribution in [0.15, 0.2) is 95.6 Å². The summed E-state index contributed by atoms with van der Waals surface area (Å²) in [6, 6.07) is 23.4. The summed E-state index contributed by atoms with van der Waals surface area (Å²) in [6.07, 6.45) is -3.22. The molecule has 0 atom stereocenters. The second-order valence-electron chi connectivity index (χ2n) is 8.90. The molecule has 0 fully saturated rings. The summed E-state index contributed by atoms with van der Waals surface area (Å²) in [6.45, 7) is 2.12. The Morgan fingerprint density at radius 3 is 2.27 bits per heavy atom. The minimum Gasteiger partial charge on any atom is -0.406 e. The minimum atomic E-state index is -4.76. The number of hydrogen-bond donors (Lipinski definition) is 3. The molecule has 208 valence electrons. The molecule has 5 rings (SSSR count). The lowest BCUT2D eigenvalue weighted by atomic mass is 10.2. The molecule has 0 radical (unpaired) electrons. The molecular weight excluding hydrogens is 537 g/mol. The Labute approximate surface area is 232 Å². The summed E-state index contributed by atoms with van der Waals surface area (Å²) in [5.41, 5.74) is 4.40. The third-order valence-electron chi connectivity index (χ3n) is 5.72. The number of benzene rings is 3. The van der Waals surface area contributed by atoms with Crippen LogP contribution >= 0.6 is 0 Å². The number of aromatic nitrogens is 3. The lowest BCUT2D eigenvalue weighted by molar-refractivity contribution is -0.274. The van der Waals surface area contributed by atoms with Crippen LogP contribution in [0.1, 0.15) is 5.56 Å². The number of amides is 1. The molecule has 5 aromatic rings. The molecule has 0 aliphatic heterocycles. The Morgan fingerprint density at radius 1 is 0.878 bits per heavy atom. The van der Waals surface area contributed by atoms with Gasteiger partial charge in [-0.2, -0.15) is 4.98 Å². The fraction of sp³-hybridized carbons (Fsp3) is 0.103. The number of aryl methyl sites for hydroxylation is 1. The van der Waals surface area contributed by atoms with Crippen molar-refractivity contribution in [2.24, 2.45) is 0 Å². The van der Waals surface area contributed by atoms with Crippen LogP contribution in [0.4, 0.5) is 36.1 Å². The van der Waals surface area contributed by atoms with Gasteiger partial charge in [-0.25, -0.2) is 4.98 Å². The van der Waals surface area contributed by atoms with Gasteiger partial charge in [0.1, 0.15) is 11.6 Å². The van der Waals surface area contributed by atoms with Crippen molar-refractivity contribution in [1.29, 1.82) is 0 Å². The first kappa shape index (κ1) is 27.2. The SMILES string of the molecule is Cc1ccc(NCC(=O)Nc2ccc(-c3nc(-c4ccnc(Nc5ccc(OC(F)(F)F)cc5)c4)no3)cc2)cc1. The molecule has 3 N–H and O–H groups in total. The first-order valence-electron chi connectivity index (χ1n) is 12.3. The van der Waals surface area contributed by atoms with E-state index in [1.54, 1.807) is 42.6 Å². The number of ether oxygens (including phenoxy) is 1. The number of carbonyl (C=O) groups excluding carboxylic acids is 1. The van der Waals surface area contributed by atoms with Crippen molar-refractivity contribution in [2.75, 3.05) is 22.5 Å². The molecule has 3 aromatic carbocycles. The topological polar surface area (TPSA) is 114 Å². The normalized spacial score (nSPS) is 11.1. The molecule has 0 bridgehead atoms. The summed E-state index contributed by atoms with van der Waals surface area (Å²) in [5.74, 6) is 0.514. The number of nitrogens with zero attached hydrogens (tertiary/aromatic N) is 3. The van der Waals surface area contributed by atoms with E-state index in [2.05, 4.69) is 35.8 Å². The molecule has 41 heavy (non-hydrogen) atoms. The number of anilines is 4. The molecular formula is C29H23F3N6O3. The average molecular weight is 561 g/mol. The first-order chi connectivity index (χ1) is 19.7. The molecule has 2 aromatic heterocycles. The van der Waals surface area contributed by atoms with Crippen molar-refractivity contribution < 1.29 is 27.2 Å². The van der Waals surface area contributed by atoms with Crippen molar-refractivity contribution in [1.82, 2.24) is 15.1 Å². The van der Waals surface area contributed by atoms with E-state index < -0.39 is 6.36 Å². The Bertz CT molecular complexity index is 1620. The van der Waals surface area contributed by atoms with Gasteiger partial charge >= 0.3 is 6.36 Å². The minimum absolute atomic E-state index is 0.123. The molecule has 9 nitrogen and oxygen atoms in total. The van der Waals surface area contributed by atoms with Crippen LogP contribution < -0.4 is 20.7 Å².